The van der Waals surface area contributed by atoms with Crippen LogP contribution < -0.4 is 9.47 Å². The molecule has 5 aromatic carbocycles. The van der Waals surface area contributed by atoms with Crippen LogP contribution in [0.3, 0.4) is 0 Å². The Morgan fingerprint density at radius 2 is 0.686 bits per heavy atom. The lowest BCUT2D eigenvalue weighted by Crippen LogP contribution is -2.04. The molecule has 0 fully saturated rings. The second kappa shape index (κ2) is 10.3. The molecule has 2 N–H and O–H groups in total. The largest absolute Gasteiger partial charge is 0.508 e. The first kappa shape index (κ1) is 22.4. The van der Waals surface area contributed by atoms with Crippen LogP contribution in [0.15, 0.2) is 142 Å². The van der Waals surface area contributed by atoms with Gasteiger partial charge in [0.15, 0.2) is 14.7 Å². The van der Waals surface area contributed by atoms with E-state index in [-0.39, 0.29) is 22.4 Å². The molecule has 0 aliphatic rings. The van der Waals surface area contributed by atoms with Crippen molar-refractivity contribution in [3.8, 4) is 34.5 Å². The zero-order valence-corrected chi connectivity index (χ0v) is 19.6. The van der Waals surface area contributed by atoms with Crippen molar-refractivity contribution in [2.24, 2.45) is 0 Å². The van der Waals surface area contributed by atoms with E-state index >= 15 is 0 Å². The van der Waals surface area contributed by atoms with Crippen LogP contribution >= 0.6 is 0 Å². The van der Waals surface area contributed by atoms with E-state index in [4.69, 9.17) is 9.47 Å². The molecule has 5 rings (SSSR count). The zero-order chi connectivity index (χ0) is 24.0. The van der Waals surface area contributed by atoms with Crippen molar-refractivity contribution in [3.05, 3.63) is 127 Å². The molecule has 4 nitrogen and oxygen atoms in total. The summed E-state index contributed by atoms with van der Waals surface area (Å²) in [7, 11) is -0.308. The van der Waals surface area contributed by atoms with Gasteiger partial charge in [-0.15, -0.1) is 0 Å². The summed E-state index contributed by atoms with van der Waals surface area (Å²) in [6, 6.07) is 40.0. The molecule has 0 saturated carbocycles. The Morgan fingerprint density at radius 1 is 0.371 bits per heavy atom. The Balaban J connectivity index is 1.40. The van der Waals surface area contributed by atoms with Crippen molar-refractivity contribution in [3.63, 3.8) is 0 Å². The van der Waals surface area contributed by atoms with Crippen molar-refractivity contribution in [2.45, 2.75) is 14.7 Å². The highest BCUT2D eigenvalue weighted by molar-refractivity contribution is 7.97. The van der Waals surface area contributed by atoms with E-state index in [0.717, 1.165) is 11.5 Å². The molecule has 0 saturated heterocycles. The first-order chi connectivity index (χ1) is 17.1. The lowest BCUT2D eigenvalue weighted by atomic mass is 10.3. The highest BCUT2D eigenvalue weighted by Gasteiger charge is 2.28. The van der Waals surface area contributed by atoms with E-state index in [2.05, 4.69) is 48.5 Å². The number of phenols is 2. The highest BCUT2D eigenvalue weighted by Crippen LogP contribution is 2.34. The second-order valence-electron chi connectivity index (χ2n) is 7.75. The fourth-order valence-corrected chi connectivity index (χ4v) is 5.62. The van der Waals surface area contributed by atoms with Gasteiger partial charge in [-0.05, 0) is 109 Å². The topological polar surface area (TPSA) is 58.9 Å². The quantitative estimate of drug-likeness (QED) is 0.234. The van der Waals surface area contributed by atoms with Crippen molar-refractivity contribution in [1.82, 2.24) is 0 Å². The predicted molar refractivity (Wildman–Crippen MR) is 138 cm³/mol. The summed E-state index contributed by atoms with van der Waals surface area (Å²) in [5.41, 5.74) is 0. The molecule has 35 heavy (non-hydrogen) atoms. The SMILES string of the molecule is Oc1ccc(Oc2ccc([S+](c3ccccc3)c3ccc(Oc4ccc(O)cc4)cc3)cc2)cc1. The van der Waals surface area contributed by atoms with Gasteiger partial charge in [0.2, 0.25) is 0 Å². The van der Waals surface area contributed by atoms with Crippen LogP contribution in [0.1, 0.15) is 0 Å². The van der Waals surface area contributed by atoms with E-state index in [1.807, 2.05) is 30.3 Å². The normalized spacial score (nSPS) is 10.8. The van der Waals surface area contributed by atoms with Crippen molar-refractivity contribution >= 4 is 10.9 Å². The van der Waals surface area contributed by atoms with Gasteiger partial charge in [0, 0.05) is 0 Å². The summed E-state index contributed by atoms with van der Waals surface area (Å²) in [4.78, 5) is 3.55. The van der Waals surface area contributed by atoms with Crippen molar-refractivity contribution < 1.29 is 19.7 Å². The van der Waals surface area contributed by atoms with Gasteiger partial charge < -0.3 is 19.7 Å². The van der Waals surface area contributed by atoms with Gasteiger partial charge in [-0.2, -0.15) is 0 Å². The molecule has 0 unspecified atom stereocenters. The lowest BCUT2D eigenvalue weighted by Gasteiger charge is -2.11. The molecule has 172 valence electrons. The fraction of sp³-hybridized carbons (Fsp3) is 0. The second-order valence-corrected chi connectivity index (χ2v) is 9.78. The number of hydrogen-bond donors (Lipinski definition) is 2. The summed E-state index contributed by atoms with van der Waals surface area (Å²) in [5, 5.41) is 18.9. The van der Waals surface area contributed by atoms with E-state index < -0.39 is 0 Å². The third-order valence-electron chi connectivity index (χ3n) is 5.24. The standard InChI is InChI=1S/C30H22O4S/c31-22-6-10-24(11-7-22)33-26-14-18-29(19-15-26)35(28-4-2-1-3-5-28)30-20-16-27(17-21-30)34-25-12-8-23(32)9-13-25/h1-21H,(H-,31,32)/p+1. The van der Waals surface area contributed by atoms with Crippen LogP contribution in [-0.4, -0.2) is 10.2 Å². The molecule has 0 aromatic heterocycles. The molecule has 0 atom stereocenters. The van der Waals surface area contributed by atoms with E-state index in [1.165, 1.54) is 14.7 Å². The molecule has 0 aliphatic heterocycles. The molecule has 0 spiro atoms. The summed E-state index contributed by atoms with van der Waals surface area (Å²) in [6.07, 6.45) is 0. The zero-order valence-electron chi connectivity index (χ0n) is 18.7. The molecule has 0 aliphatic carbocycles. The molecule has 0 amide bonds. The minimum absolute atomic E-state index is 0.207. The van der Waals surface area contributed by atoms with Crippen LogP contribution in [-0.2, 0) is 10.9 Å². The molecule has 5 heteroatoms. The molecule has 0 radical (unpaired) electrons. The third kappa shape index (κ3) is 5.60. The van der Waals surface area contributed by atoms with Crippen LogP contribution in [0.5, 0.6) is 34.5 Å². The first-order valence-corrected chi connectivity index (χ1v) is 12.3. The predicted octanol–water partition coefficient (Wildman–Crippen LogP) is 7.78. The van der Waals surface area contributed by atoms with Gasteiger partial charge in [0.25, 0.3) is 0 Å². The van der Waals surface area contributed by atoms with E-state index in [1.54, 1.807) is 48.5 Å². The van der Waals surface area contributed by atoms with E-state index in [0.29, 0.717) is 11.5 Å². The van der Waals surface area contributed by atoms with Gasteiger partial charge >= 0.3 is 0 Å². The van der Waals surface area contributed by atoms with Crippen LogP contribution in [0.25, 0.3) is 0 Å². The van der Waals surface area contributed by atoms with Gasteiger partial charge in [0.1, 0.15) is 34.5 Å². The van der Waals surface area contributed by atoms with Crippen LogP contribution in [0.2, 0.25) is 0 Å². The molecular formula is C30H23O4S+. The van der Waals surface area contributed by atoms with Gasteiger partial charge in [-0.3, -0.25) is 0 Å². The Morgan fingerprint density at radius 3 is 1.06 bits per heavy atom. The molecule has 5 aromatic rings. The average Bonchev–Trinajstić information content (AvgIpc) is 2.90. The number of rotatable bonds is 7. The van der Waals surface area contributed by atoms with E-state index in [9.17, 15) is 10.2 Å². The monoisotopic (exact) mass is 479 g/mol. The minimum atomic E-state index is -0.308. The number of phenolic OH excluding ortho intramolecular Hbond substituents is 2. The number of hydrogen-bond acceptors (Lipinski definition) is 4. The number of ether oxygens (including phenoxy) is 2. The smallest absolute Gasteiger partial charge is 0.166 e. The first-order valence-electron chi connectivity index (χ1n) is 11.1. The molecule has 0 bridgehead atoms. The third-order valence-corrected chi connectivity index (χ3v) is 7.47. The maximum absolute atomic E-state index is 9.47. The van der Waals surface area contributed by atoms with Crippen LogP contribution in [0, 0.1) is 0 Å². The molecular weight excluding hydrogens is 456 g/mol. The van der Waals surface area contributed by atoms with Gasteiger partial charge in [-0.1, -0.05) is 18.2 Å². The maximum atomic E-state index is 9.47. The van der Waals surface area contributed by atoms with Crippen molar-refractivity contribution in [1.29, 1.82) is 0 Å². The maximum Gasteiger partial charge on any atom is 0.166 e. The number of benzene rings is 5. The van der Waals surface area contributed by atoms with Gasteiger partial charge in [-0.25, -0.2) is 0 Å². The highest BCUT2D eigenvalue weighted by atomic mass is 32.2. The van der Waals surface area contributed by atoms with Gasteiger partial charge in [0.05, 0.1) is 10.9 Å². The minimum Gasteiger partial charge on any atom is -0.508 e. The molecule has 0 heterocycles. The lowest BCUT2D eigenvalue weighted by molar-refractivity contribution is 0.464. The summed E-state index contributed by atoms with van der Waals surface area (Å²) in [5.74, 6) is 3.21. The Labute approximate surface area is 207 Å². The number of aromatic hydroxyl groups is 2. The summed E-state index contributed by atoms with van der Waals surface area (Å²) >= 11 is 0. The summed E-state index contributed by atoms with van der Waals surface area (Å²) in [6.45, 7) is 0. The Kier molecular flexibility index (Phi) is 6.59. The summed E-state index contributed by atoms with van der Waals surface area (Å²) < 4.78 is 11.8. The Hall–Kier alpha value is -4.35. The van der Waals surface area contributed by atoms with Crippen LogP contribution in [0.4, 0.5) is 0 Å². The Bertz CT molecular complexity index is 1280. The average molecular weight is 480 g/mol. The fourth-order valence-electron chi connectivity index (χ4n) is 3.55. The van der Waals surface area contributed by atoms with Crippen molar-refractivity contribution in [2.75, 3.05) is 0 Å².